The fraction of sp³-hybridized carbons (Fsp3) is 0.455. The first-order valence-electron chi connectivity index (χ1n) is 5.02. The lowest BCUT2D eigenvalue weighted by Crippen LogP contribution is -2.39. The molecule has 3 nitrogen and oxygen atoms in total. The van der Waals surface area contributed by atoms with E-state index in [0.717, 1.165) is 9.80 Å². The third-order valence-electron chi connectivity index (χ3n) is 2.25. The van der Waals surface area contributed by atoms with E-state index in [2.05, 4.69) is 56.0 Å². The van der Waals surface area contributed by atoms with Crippen LogP contribution in [0.15, 0.2) is 22.9 Å². The van der Waals surface area contributed by atoms with E-state index < -0.39 is 0 Å². The average Bonchev–Trinajstić information content (AvgIpc) is 2.25. The summed E-state index contributed by atoms with van der Waals surface area (Å²) in [7, 11) is 0. The number of hydrogen-bond donors (Lipinski definition) is 1. The zero-order valence-electron chi connectivity index (χ0n) is 9.21. The first kappa shape index (κ1) is 13.6. The van der Waals surface area contributed by atoms with Crippen LogP contribution in [0.2, 0.25) is 0 Å². The Hall–Kier alpha value is -0.420. The average molecular weight is 350 g/mol. The van der Waals surface area contributed by atoms with E-state index in [1.807, 2.05) is 0 Å². The second-order valence-corrected chi connectivity index (χ2v) is 5.43. The molecule has 0 bridgehead atoms. The number of amides is 1. The summed E-state index contributed by atoms with van der Waals surface area (Å²) in [6.45, 7) is 4.15. The van der Waals surface area contributed by atoms with Gasteiger partial charge in [-0.2, -0.15) is 0 Å². The predicted octanol–water partition coefficient (Wildman–Crippen LogP) is 2.99. The molecule has 1 unspecified atom stereocenters. The van der Waals surface area contributed by atoms with Crippen molar-refractivity contribution < 1.29 is 4.79 Å². The Balaban J connectivity index is 2.72. The molecule has 1 atom stereocenters. The van der Waals surface area contributed by atoms with Crippen LogP contribution < -0.4 is 5.32 Å². The molecule has 0 aromatic carbocycles. The van der Waals surface area contributed by atoms with Crippen LogP contribution in [0.25, 0.3) is 0 Å². The van der Waals surface area contributed by atoms with Crippen molar-refractivity contribution in [1.82, 2.24) is 10.3 Å². The number of nitrogens with zero attached hydrogens (tertiary/aromatic N) is 1. The molecule has 0 aliphatic carbocycles. The zero-order chi connectivity index (χ0) is 12.1. The van der Waals surface area contributed by atoms with Crippen LogP contribution in [0.1, 0.15) is 24.2 Å². The molecule has 1 heterocycles. The van der Waals surface area contributed by atoms with E-state index in [4.69, 9.17) is 0 Å². The minimum absolute atomic E-state index is 0.0908. The second-order valence-electron chi connectivity index (χ2n) is 3.87. The third-order valence-corrected chi connectivity index (χ3v) is 3.39. The van der Waals surface area contributed by atoms with Crippen molar-refractivity contribution in [2.45, 2.75) is 19.9 Å². The largest absolute Gasteiger partial charge is 0.348 e. The molecule has 1 N–H and O–H groups in total. The Morgan fingerprint density at radius 3 is 2.69 bits per heavy atom. The molecule has 0 saturated heterocycles. The van der Waals surface area contributed by atoms with Gasteiger partial charge in [-0.3, -0.25) is 9.78 Å². The Morgan fingerprint density at radius 2 is 2.19 bits per heavy atom. The first-order valence-corrected chi connectivity index (χ1v) is 6.93. The number of halogens is 2. The van der Waals surface area contributed by atoms with Crippen molar-refractivity contribution in [3.8, 4) is 0 Å². The number of carbonyl (C=O) groups excluding carboxylic acids is 1. The van der Waals surface area contributed by atoms with Crippen molar-refractivity contribution >= 4 is 37.8 Å². The van der Waals surface area contributed by atoms with Crippen molar-refractivity contribution in [2.75, 3.05) is 5.33 Å². The summed E-state index contributed by atoms with van der Waals surface area (Å²) in [4.78, 5) is 15.8. The number of pyridine rings is 1. The maximum absolute atomic E-state index is 11.9. The van der Waals surface area contributed by atoms with Crippen molar-refractivity contribution in [3.63, 3.8) is 0 Å². The maximum atomic E-state index is 11.9. The van der Waals surface area contributed by atoms with Gasteiger partial charge in [-0.1, -0.05) is 29.8 Å². The van der Waals surface area contributed by atoms with Gasteiger partial charge in [0.2, 0.25) is 0 Å². The summed E-state index contributed by atoms with van der Waals surface area (Å²) in [6, 6.07) is 1.89. The Labute approximate surface area is 112 Å². The molecule has 1 rings (SSSR count). The smallest absolute Gasteiger partial charge is 0.253 e. The number of alkyl halides is 1. The van der Waals surface area contributed by atoms with Gasteiger partial charge in [-0.05, 0) is 27.9 Å². The first-order chi connectivity index (χ1) is 7.54. The highest BCUT2D eigenvalue weighted by molar-refractivity contribution is 9.10. The van der Waals surface area contributed by atoms with Crippen molar-refractivity contribution in [2.24, 2.45) is 5.92 Å². The van der Waals surface area contributed by atoms with Gasteiger partial charge in [0.25, 0.3) is 5.91 Å². The second kappa shape index (κ2) is 6.35. The lowest BCUT2D eigenvalue weighted by Gasteiger charge is -2.19. The standard InChI is InChI=1S/C11H14Br2N2O/c1-7(2)10(4-12)15-11(16)8-3-9(13)6-14-5-8/h3,5-7,10H,4H2,1-2H3,(H,15,16). The third kappa shape index (κ3) is 3.87. The summed E-state index contributed by atoms with van der Waals surface area (Å²) in [5.41, 5.74) is 0.570. The lowest BCUT2D eigenvalue weighted by molar-refractivity contribution is 0.0931. The van der Waals surface area contributed by atoms with Crippen molar-refractivity contribution in [3.05, 3.63) is 28.5 Å². The molecule has 88 valence electrons. The number of hydrogen-bond acceptors (Lipinski definition) is 2. The van der Waals surface area contributed by atoms with Gasteiger partial charge in [-0.25, -0.2) is 0 Å². The van der Waals surface area contributed by atoms with Gasteiger partial charge in [0.15, 0.2) is 0 Å². The van der Waals surface area contributed by atoms with Crippen LogP contribution in [0.3, 0.4) is 0 Å². The van der Waals surface area contributed by atoms with E-state index in [1.54, 1.807) is 18.5 Å². The molecule has 0 radical (unpaired) electrons. The molecular formula is C11H14Br2N2O. The minimum Gasteiger partial charge on any atom is -0.348 e. The van der Waals surface area contributed by atoms with Crippen molar-refractivity contribution in [1.29, 1.82) is 0 Å². The van der Waals surface area contributed by atoms with E-state index in [9.17, 15) is 4.79 Å². The van der Waals surface area contributed by atoms with Crippen LogP contribution >= 0.6 is 31.9 Å². The number of aromatic nitrogens is 1. The summed E-state index contributed by atoms with van der Waals surface area (Å²) in [5.74, 6) is 0.301. The highest BCUT2D eigenvalue weighted by atomic mass is 79.9. The SMILES string of the molecule is CC(C)C(CBr)NC(=O)c1cncc(Br)c1. The lowest BCUT2D eigenvalue weighted by atomic mass is 10.1. The van der Waals surface area contributed by atoms with Crippen LogP contribution in [0.5, 0.6) is 0 Å². The summed E-state index contributed by atoms with van der Waals surface area (Å²) in [6.07, 6.45) is 3.22. The van der Waals surface area contributed by atoms with Gasteiger partial charge in [0, 0.05) is 28.2 Å². The quantitative estimate of drug-likeness (QED) is 0.849. The molecule has 5 heteroatoms. The number of rotatable bonds is 4. The molecule has 1 aromatic rings. The predicted molar refractivity (Wildman–Crippen MR) is 71.8 cm³/mol. The summed E-state index contributed by atoms with van der Waals surface area (Å²) >= 11 is 6.68. The molecule has 0 spiro atoms. The molecule has 1 aromatic heterocycles. The topological polar surface area (TPSA) is 42.0 Å². The molecular weight excluding hydrogens is 336 g/mol. The Bertz CT molecular complexity index is 369. The van der Waals surface area contributed by atoms with Gasteiger partial charge < -0.3 is 5.32 Å². The monoisotopic (exact) mass is 348 g/mol. The minimum atomic E-state index is -0.0908. The zero-order valence-corrected chi connectivity index (χ0v) is 12.4. The number of carbonyl (C=O) groups is 1. The Kier molecular flexibility index (Phi) is 5.41. The fourth-order valence-electron chi connectivity index (χ4n) is 1.17. The molecule has 0 saturated carbocycles. The number of nitrogens with one attached hydrogen (secondary N) is 1. The van der Waals surface area contributed by atoms with Crippen LogP contribution in [-0.4, -0.2) is 22.3 Å². The van der Waals surface area contributed by atoms with E-state index in [-0.39, 0.29) is 11.9 Å². The highest BCUT2D eigenvalue weighted by Crippen LogP contribution is 2.11. The van der Waals surface area contributed by atoms with E-state index in [0.29, 0.717) is 11.5 Å². The molecule has 0 aliphatic rings. The summed E-state index contributed by atoms with van der Waals surface area (Å²) in [5, 5.41) is 3.71. The van der Waals surface area contributed by atoms with Gasteiger partial charge in [-0.15, -0.1) is 0 Å². The molecule has 16 heavy (non-hydrogen) atoms. The fourth-order valence-corrected chi connectivity index (χ4v) is 2.45. The van der Waals surface area contributed by atoms with E-state index >= 15 is 0 Å². The summed E-state index contributed by atoms with van der Waals surface area (Å²) < 4.78 is 0.806. The highest BCUT2D eigenvalue weighted by Gasteiger charge is 2.16. The molecule has 0 aliphatic heterocycles. The van der Waals surface area contributed by atoms with E-state index in [1.165, 1.54) is 0 Å². The van der Waals surface area contributed by atoms with Crippen LogP contribution in [0, 0.1) is 5.92 Å². The van der Waals surface area contributed by atoms with Crippen LogP contribution in [0.4, 0.5) is 0 Å². The normalized spacial score (nSPS) is 12.6. The Morgan fingerprint density at radius 1 is 1.50 bits per heavy atom. The van der Waals surface area contributed by atoms with Gasteiger partial charge in [0.05, 0.1) is 5.56 Å². The molecule has 0 fully saturated rings. The maximum Gasteiger partial charge on any atom is 0.253 e. The molecule has 1 amide bonds. The van der Waals surface area contributed by atoms with Gasteiger partial charge in [0.1, 0.15) is 0 Å². The van der Waals surface area contributed by atoms with Crippen LogP contribution in [-0.2, 0) is 0 Å². The van der Waals surface area contributed by atoms with Gasteiger partial charge >= 0.3 is 0 Å².